The van der Waals surface area contributed by atoms with Crippen LogP contribution in [0.25, 0.3) is 10.4 Å². The molecule has 2 N–H and O–H groups in total. The molecule has 2 aromatic heterocycles. The van der Waals surface area contributed by atoms with Crippen LogP contribution in [-0.4, -0.2) is 44.0 Å². The Balaban J connectivity index is 1.93. The molecule has 2 aromatic rings. The molecule has 0 unspecified atom stereocenters. The Morgan fingerprint density at radius 2 is 2.00 bits per heavy atom. The molecule has 0 atom stereocenters. The second-order valence-electron chi connectivity index (χ2n) is 4.60. The summed E-state index contributed by atoms with van der Waals surface area (Å²) >= 11 is 1.21. The summed E-state index contributed by atoms with van der Waals surface area (Å²) in [6.45, 7) is 1.66. The quantitative estimate of drug-likeness (QED) is 0.922. The van der Waals surface area contributed by atoms with Gasteiger partial charge in [-0.1, -0.05) is 0 Å². The first kappa shape index (κ1) is 14.5. The van der Waals surface area contributed by atoms with Crippen LogP contribution >= 0.6 is 11.3 Å². The molecule has 0 radical (unpaired) electrons. The standard InChI is InChI=1S/C13H15N3O3S2/c14-11-3-4-15-9-10(11)12-1-2-13(20-12)21(17,18)16-5-7-19-8-6-16/h1-4,9H,5-8H2,(H2,14,15). The molecule has 3 rings (SSSR count). The van der Waals surface area contributed by atoms with Gasteiger partial charge in [0.1, 0.15) is 4.21 Å². The third-order valence-electron chi connectivity index (χ3n) is 3.27. The highest BCUT2D eigenvalue weighted by Crippen LogP contribution is 2.34. The maximum Gasteiger partial charge on any atom is 0.252 e. The number of hydrogen-bond acceptors (Lipinski definition) is 6. The van der Waals surface area contributed by atoms with Gasteiger partial charge in [-0.05, 0) is 18.2 Å². The van der Waals surface area contributed by atoms with Crippen LogP contribution in [0.3, 0.4) is 0 Å². The predicted octanol–water partition coefficient (Wildman–Crippen LogP) is 1.41. The highest BCUT2D eigenvalue weighted by atomic mass is 32.2. The van der Waals surface area contributed by atoms with E-state index >= 15 is 0 Å². The van der Waals surface area contributed by atoms with Crippen molar-refractivity contribution in [2.75, 3.05) is 32.0 Å². The number of pyridine rings is 1. The van der Waals surface area contributed by atoms with Crippen molar-refractivity contribution in [2.45, 2.75) is 4.21 Å². The Hall–Kier alpha value is -1.48. The maximum absolute atomic E-state index is 12.6. The minimum absolute atomic E-state index is 0.322. The number of rotatable bonds is 3. The van der Waals surface area contributed by atoms with E-state index in [1.807, 2.05) is 0 Å². The molecule has 21 heavy (non-hydrogen) atoms. The number of thiophene rings is 1. The molecular formula is C13H15N3O3S2. The van der Waals surface area contributed by atoms with Crippen LogP contribution in [-0.2, 0) is 14.8 Å². The molecule has 1 fully saturated rings. The minimum atomic E-state index is -3.45. The van der Waals surface area contributed by atoms with E-state index in [-0.39, 0.29) is 0 Å². The first-order valence-electron chi connectivity index (χ1n) is 6.46. The Labute approximate surface area is 127 Å². The lowest BCUT2D eigenvalue weighted by atomic mass is 10.2. The van der Waals surface area contributed by atoms with Gasteiger partial charge in [0.05, 0.1) is 13.2 Å². The van der Waals surface area contributed by atoms with Crippen molar-refractivity contribution in [3.8, 4) is 10.4 Å². The van der Waals surface area contributed by atoms with Crippen molar-refractivity contribution in [3.05, 3.63) is 30.6 Å². The number of nitrogens with two attached hydrogens (primary N) is 1. The smallest absolute Gasteiger partial charge is 0.252 e. The summed E-state index contributed by atoms with van der Waals surface area (Å²) in [4.78, 5) is 4.83. The zero-order valence-corrected chi connectivity index (χ0v) is 12.9. The summed E-state index contributed by atoms with van der Waals surface area (Å²) in [5, 5.41) is 0. The molecule has 0 aromatic carbocycles. The SMILES string of the molecule is Nc1ccncc1-c1ccc(S(=O)(=O)N2CCOCC2)s1. The van der Waals surface area contributed by atoms with Crippen molar-refractivity contribution in [2.24, 2.45) is 0 Å². The largest absolute Gasteiger partial charge is 0.398 e. The highest BCUT2D eigenvalue weighted by Gasteiger charge is 2.28. The monoisotopic (exact) mass is 325 g/mol. The van der Waals surface area contributed by atoms with E-state index in [1.165, 1.54) is 15.6 Å². The number of hydrogen-bond donors (Lipinski definition) is 1. The molecule has 8 heteroatoms. The maximum atomic E-state index is 12.6. The lowest BCUT2D eigenvalue weighted by Crippen LogP contribution is -2.40. The van der Waals surface area contributed by atoms with E-state index in [2.05, 4.69) is 4.98 Å². The number of sulfonamides is 1. The fourth-order valence-electron chi connectivity index (χ4n) is 2.13. The van der Waals surface area contributed by atoms with E-state index in [0.717, 1.165) is 10.4 Å². The number of nitrogen functional groups attached to an aromatic ring is 1. The van der Waals surface area contributed by atoms with Gasteiger partial charge in [-0.2, -0.15) is 4.31 Å². The molecule has 0 amide bonds. The van der Waals surface area contributed by atoms with E-state index in [0.29, 0.717) is 36.2 Å². The summed E-state index contributed by atoms with van der Waals surface area (Å²) in [5.74, 6) is 0. The van der Waals surface area contributed by atoms with Crippen LogP contribution in [0, 0.1) is 0 Å². The molecule has 0 bridgehead atoms. The van der Waals surface area contributed by atoms with Crippen LogP contribution in [0.2, 0.25) is 0 Å². The van der Waals surface area contributed by atoms with Gasteiger partial charge in [-0.3, -0.25) is 4.98 Å². The second kappa shape index (κ2) is 5.72. The molecule has 112 valence electrons. The summed E-state index contributed by atoms with van der Waals surface area (Å²) in [7, 11) is -3.45. The second-order valence-corrected chi connectivity index (χ2v) is 7.85. The van der Waals surface area contributed by atoms with E-state index < -0.39 is 10.0 Å². The normalized spacial score (nSPS) is 17.0. The van der Waals surface area contributed by atoms with Crippen molar-refractivity contribution in [3.63, 3.8) is 0 Å². The lowest BCUT2D eigenvalue weighted by Gasteiger charge is -2.25. The average Bonchev–Trinajstić information content (AvgIpc) is 2.99. The molecule has 6 nitrogen and oxygen atoms in total. The van der Waals surface area contributed by atoms with Gasteiger partial charge in [0.25, 0.3) is 10.0 Å². The van der Waals surface area contributed by atoms with Crippen LogP contribution in [0.1, 0.15) is 0 Å². The topological polar surface area (TPSA) is 85.5 Å². The van der Waals surface area contributed by atoms with Gasteiger partial charge in [-0.15, -0.1) is 11.3 Å². The molecule has 1 aliphatic heterocycles. The van der Waals surface area contributed by atoms with Crippen molar-refractivity contribution >= 4 is 27.0 Å². The van der Waals surface area contributed by atoms with Gasteiger partial charge < -0.3 is 10.5 Å². The third-order valence-corrected chi connectivity index (χ3v) is 6.75. The minimum Gasteiger partial charge on any atom is -0.398 e. The molecule has 0 aliphatic carbocycles. The average molecular weight is 325 g/mol. The number of morpholine rings is 1. The van der Waals surface area contributed by atoms with Gasteiger partial charge in [-0.25, -0.2) is 8.42 Å². The summed E-state index contributed by atoms with van der Waals surface area (Å²) in [5.41, 5.74) is 7.24. The number of anilines is 1. The fourth-order valence-corrected chi connectivity index (χ4v) is 5.03. The first-order valence-corrected chi connectivity index (χ1v) is 8.72. The predicted molar refractivity (Wildman–Crippen MR) is 81.5 cm³/mol. The Morgan fingerprint density at radius 3 is 2.71 bits per heavy atom. The van der Waals surface area contributed by atoms with Crippen molar-refractivity contribution in [1.82, 2.24) is 9.29 Å². The van der Waals surface area contributed by atoms with Crippen LogP contribution in [0.4, 0.5) is 5.69 Å². The highest BCUT2D eigenvalue weighted by molar-refractivity contribution is 7.91. The van der Waals surface area contributed by atoms with Gasteiger partial charge >= 0.3 is 0 Å². The molecular weight excluding hydrogens is 310 g/mol. The molecule has 3 heterocycles. The Kier molecular flexibility index (Phi) is 3.94. The van der Waals surface area contributed by atoms with Crippen LogP contribution in [0.5, 0.6) is 0 Å². The Morgan fingerprint density at radius 1 is 1.24 bits per heavy atom. The molecule has 1 saturated heterocycles. The molecule has 0 saturated carbocycles. The number of aromatic nitrogens is 1. The summed E-state index contributed by atoms with van der Waals surface area (Å²) < 4.78 is 32.1. The molecule has 1 aliphatic rings. The number of ether oxygens (including phenoxy) is 1. The third kappa shape index (κ3) is 2.80. The lowest BCUT2D eigenvalue weighted by molar-refractivity contribution is 0.0731. The van der Waals surface area contributed by atoms with E-state index in [1.54, 1.807) is 30.6 Å². The van der Waals surface area contributed by atoms with Crippen LogP contribution in [0.15, 0.2) is 34.8 Å². The van der Waals surface area contributed by atoms with E-state index in [9.17, 15) is 8.42 Å². The summed E-state index contributed by atoms with van der Waals surface area (Å²) in [6.07, 6.45) is 3.25. The van der Waals surface area contributed by atoms with Crippen molar-refractivity contribution < 1.29 is 13.2 Å². The zero-order valence-electron chi connectivity index (χ0n) is 11.2. The van der Waals surface area contributed by atoms with Gasteiger partial charge in [0, 0.05) is 41.6 Å². The zero-order chi connectivity index (χ0) is 14.9. The van der Waals surface area contributed by atoms with Gasteiger partial charge in [0.15, 0.2) is 0 Å². The molecule has 0 spiro atoms. The first-order chi connectivity index (χ1) is 10.1. The van der Waals surface area contributed by atoms with Crippen molar-refractivity contribution in [1.29, 1.82) is 0 Å². The Bertz CT molecular complexity index is 737. The van der Waals surface area contributed by atoms with Gasteiger partial charge in [0.2, 0.25) is 0 Å². The summed E-state index contributed by atoms with van der Waals surface area (Å²) in [6, 6.07) is 5.09. The van der Waals surface area contributed by atoms with E-state index in [4.69, 9.17) is 10.5 Å². The fraction of sp³-hybridized carbons (Fsp3) is 0.308. The number of nitrogens with zero attached hydrogens (tertiary/aromatic N) is 2. The van der Waals surface area contributed by atoms with Crippen LogP contribution < -0.4 is 5.73 Å².